The molecule has 0 fully saturated rings. The number of hydrogen-bond acceptors (Lipinski definition) is 7. The predicted molar refractivity (Wildman–Crippen MR) is 92.6 cm³/mol. The third kappa shape index (κ3) is 3.89. The SMILES string of the molecule is COc1ccc(Oc2ncnc(Oc3ccc(OC)cc3)c2N)cc1. The Hall–Kier alpha value is -3.48. The first-order valence-electron chi connectivity index (χ1n) is 7.44. The van der Waals surface area contributed by atoms with Crippen molar-refractivity contribution in [2.24, 2.45) is 0 Å². The monoisotopic (exact) mass is 339 g/mol. The predicted octanol–water partition coefficient (Wildman–Crippen LogP) is 3.66. The number of nitrogen functional groups attached to an aromatic ring is 1. The van der Waals surface area contributed by atoms with E-state index in [2.05, 4.69) is 9.97 Å². The summed E-state index contributed by atoms with van der Waals surface area (Å²) in [5.74, 6) is 3.02. The van der Waals surface area contributed by atoms with Crippen molar-refractivity contribution in [2.45, 2.75) is 0 Å². The lowest BCUT2D eigenvalue weighted by Crippen LogP contribution is -2.00. The number of methoxy groups -OCH3 is 2. The summed E-state index contributed by atoms with van der Waals surface area (Å²) in [4.78, 5) is 8.11. The van der Waals surface area contributed by atoms with Gasteiger partial charge in [0, 0.05) is 0 Å². The van der Waals surface area contributed by atoms with Crippen molar-refractivity contribution in [2.75, 3.05) is 20.0 Å². The van der Waals surface area contributed by atoms with E-state index in [1.54, 1.807) is 62.8 Å². The maximum atomic E-state index is 6.07. The van der Waals surface area contributed by atoms with Gasteiger partial charge >= 0.3 is 0 Å². The van der Waals surface area contributed by atoms with Crippen LogP contribution >= 0.6 is 0 Å². The molecule has 0 aliphatic carbocycles. The molecule has 1 aromatic heterocycles. The van der Waals surface area contributed by atoms with Gasteiger partial charge in [0.05, 0.1) is 14.2 Å². The normalized spacial score (nSPS) is 10.2. The van der Waals surface area contributed by atoms with Crippen LogP contribution < -0.4 is 24.7 Å². The zero-order valence-electron chi connectivity index (χ0n) is 13.8. The Bertz CT molecular complexity index is 768. The van der Waals surface area contributed by atoms with Crippen molar-refractivity contribution < 1.29 is 18.9 Å². The Labute approximate surface area is 145 Å². The summed E-state index contributed by atoms with van der Waals surface area (Å²) in [6.45, 7) is 0. The van der Waals surface area contributed by atoms with Crippen molar-refractivity contribution in [3.05, 3.63) is 54.9 Å². The molecule has 0 spiro atoms. The summed E-state index contributed by atoms with van der Waals surface area (Å²) < 4.78 is 21.6. The van der Waals surface area contributed by atoms with E-state index in [9.17, 15) is 0 Å². The molecule has 3 aromatic rings. The standard InChI is InChI=1S/C18H17N3O4/c1-22-12-3-7-14(8-4-12)24-17-16(19)18(21-11-20-17)25-15-9-5-13(23-2)6-10-15/h3-11H,19H2,1-2H3. The molecule has 7 heteroatoms. The second kappa shape index (κ2) is 7.39. The van der Waals surface area contributed by atoms with Gasteiger partial charge in [-0.15, -0.1) is 0 Å². The van der Waals surface area contributed by atoms with E-state index < -0.39 is 0 Å². The van der Waals surface area contributed by atoms with Gasteiger partial charge in [-0.1, -0.05) is 0 Å². The topological polar surface area (TPSA) is 88.7 Å². The highest BCUT2D eigenvalue weighted by atomic mass is 16.5. The number of hydrogen-bond donors (Lipinski definition) is 1. The molecule has 128 valence electrons. The molecular weight excluding hydrogens is 322 g/mol. The fourth-order valence-electron chi connectivity index (χ4n) is 2.04. The first-order chi connectivity index (χ1) is 12.2. The average molecular weight is 339 g/mol. The Morgan fingerprint density at radius 3 is 1.36 bits per heavy atom. The number of ether oxygens (including phenoxy) is 4. The van der Waals surface area contributed by atoms with Crippen molar-refractivity contribution in [3.8, 4) is 34.8 Å². The first kappa shape index (κ1) is 16.4. The van der Waals surface area contributed by atoms with Crippen LogP contribution in [0.2, 0.25) is 0 Å². The molecule has 25 heavy (non-hydrogen) atoms. The summed E-state index contributed by atoms with van der Waals surface area (Å²) in [5.41, 5.74) is 6.27. The highest BCUT2D eigenvalue weighted by Crippen LogP contribution is 2.34. The third-order valence-electron chi connectivity index (χ3n) is 3.36. The summed E-state index contributed by atoms with van der Waals surface area (Å²) in [6, 6.07) is 14.1. The van der Waals surface area contributed by atoms with Gasteiger partial charge in [0.2, 0.25) is 11.8 Å². The molecule has 0 radical (unpaired) electrons. The fraction of sp³-hybridized carbons (Fsp3) is 0.111. The Morgan fingerprint density at radius 1 is 0.640 bits per heavy atom. The number of nitrogens with two attached hydrogens (primary N) is 1. The molecule has 0 saturated heterocycles. The molecule has 7 nitrogen and oxygen atoms in total. The summed E-state index contributed by atoms with van der Waals surface area (Å²) in [5, 5.41) is 0. The number of benzene rings is 2. The van der Waals surface area contributed by atoms with E-state index >= 15 is 0 Å². The van der Waals surface area contributed by atoms with Crippen LogP contribution in [-0.4, -0.2) is 24.2 Å². The summed E-state index contributed by atoms with van der Waals surface area (Å²) in [7, 11) is 3.20. The van der Waals surface area contributed by atoms with E-state index in [0.717, 1.165) is 11.5 Å². The maximum Gasteiger partial charge on any atom is 0.249 e. The lowest BCUT2D eigenvalue weighted by Gasteiger charge is -2.11. The largest absolute Gasteiger partial charge is 0.497 e. The van der Waals surface area contributed by atoms with E-state index in [4.69, 9.17) is 24.7 Å². The van der Waals surface area contributed by atoms with Gasteiger partial charge < -0.3 is 24.7 Å². The second-order valence-electron chi connectivity index (χ2n) is 4.95. The molecule has 2 aromatic carbocycles. The molecule has 1 heterocycles. The highest BCUT2D eigenvalue weighted by Gasteiger charge is 2.12. The highest BCUT2D eigenvalue weighted by molar-refractivity contribution is 5.58. The molecule has 3 rings (SSSR count). The van der Waals surface area contributed by atoms with Gasteiger partial charge in [-0.2, -0.15) is 9.97 Å². The minimum absolute atomic E-state index is 0.203. The molecule has 0 aliphatic heterocycles. The number of nitrogens with zero attached hydrogens (tertiary/aromatic N) is 2. The van der Waals surface area contributed by atoms with E-state index in [1.807, 2.05) is 0 Å². The fourth-order valence-corrected chi connectivity index (χ4v) is 2.04. The van der Waals surface area contributed by atoms with Crippen LogP contribution in [-0.2, 0) is 0 Å². The molecule has 0 aliphatic rings. The van der Waals surface area contributed by atoms with E-state index in [-0.39, 0.29) is 17.4 Å². The molecule has 0 atom stereocenters. The smallest absolute Gasteiger partial charge is 0.249 e. The van der Waals surface area contributed by atoms with Gasteiger partial charge in [0.1, 0.15) is 29.3 Å². The van der Waals surface area contributed by atoms with Crippen molar-refractivity contribution in [1.29, 1.82) is 0 Å². The zero-order chi connectivity index (χ0) is 17.6. The second-order valence-corrected chi connectivity index (χ2v) is 4.95. The minimum Gasteiger partial charge on any atom is -0.497 e. The average Bonchev–Trinajstić information content (AvgIpc) is 2.66. The molecule has 2 N–H and O–H groups in total. The van der Waals surface area contributed by atoms with Crippen LogP contribution in [0.3, 0.4) is 0 Å². The summed E-state index contributed by atoms with van der Waals surface area (Å²) in [6.07, 6.45) is 1.33. The van der Waals surface area contributed by atoms with Crippen LogP contribution in [0.25, 0.3) is 0 Å². The lowest BCUT2D eigenvalue weighted by molar-refractivity contribution is 0.410. The number of aromatic nitrogens is 2. The quantitative estimate of drug-likeness (QED) is 0.733. The van der Waals surface area contributed by atoms with Gasteiger partial charge in [0.15, 0.2) is 5.69 Å². The Kier molecular flexibility index (Phi) is 4.84. The van der Waals surface area contributed by atoms with Crippen LogP contribution in [0.5, 0.6) is 34.8 Å². The Morgan fingerprint density at radius 2 is 1.00 bits per heavy atom. The minimum atomic E-state index is 0.203. The van der Waals surface area contributed by atoms with Crippen LogP contribution in [0, 0.1) is 0 Å². The Balaban J connectivity index is 1.78. The van der Waals surface area contributed by atoms with Crippen LogP contribution in [0.4, 0.5) is 5.69 Å². The first-order valence-corrected chi connectivity index (χ1v) is 7.44. The van der Waals surface area contributed by atoms with E-state index in [1.165, 1.54) is 6.33 Å². The molecule has 0 saturated carbocycles. The van der Waals surface area contributed by atoms with E-state index in [0.29, 0.717) is 11.5 Å². The lowest BCUT2D eigenvalue weighted by atomic mass is 10.3. The molecule has 0 unspecified atom stereocenters. The maximum absolute atomic E-state index is 6.07. The van der Waals surface area contributed by atoms with Crippen molar-refractivity contribution in [1.82, 2.24) is 9.97 Å². The molecule has 0 amide bonds. The molecular formula is C18H17N3O4. The van der Waals surface area contributed by atoms with Crippen molar-refractivity contribution in [3.63, 3.8) is 0 Å². The number of rotatable bonds is 6. The zero-order valence-corrected chi connectivity index (χ0v) is 13.8. The van der Waals surface area contributed by atoms with Gasteiger partial charge in [-0.3, -0.25) is 0 Å². The van der Waals surface area contributed by atoms with Gasteiger partial charge in [-0.05, 0) is 48.5 Å². The van der Waals surface area contributed by atoms with Crippen molar-refractivity contribution >= 4 is 5.69 Å². The molecule has 0 bridgehead atoms. The summed E-state index contributed by atoms with van der Waals surface area (Å²) >= 11 is 0. The number of anilines is 1. The van der Waals surface area contributed by atoms with Crippen LogP contribution in [0.1, 0.15) is 0 Å². The third-order valence-corrected chi connectivity index (χ3v) is 3.36. The van der Waals surface area contributed by atoms with Gasteiger partial charge in [0.25, 0.3) is 0 Å². The van der Waals surface area contributed by atoms with Gasteiger partial charge in [-0.25, -0.2) is 0 Å². The van der Waals surface area contributed by atoms with Crippen LogP contribution in [0.15, 0.2) is 54.9 Å².